The van der Waals surface area contributed by atoms with Crippen molar-refractivity contribution < 1.29 is 35.4 Å². The molecule has 1 aliphatic carbocycles. The van der Waals surface area contributed by atoms with Crippen LogP contribution in [0.15, 0.2) is 72.1 Å². The van der Waals surface area contributed by atoms with Gasteiger partial charge in [0, 0.05) is 0 Å². The lowest BCUT2D eigenvalue weighted by Crippen LogP contribution is -2.10. The second kappa shape index (κ2) is 7.87. The van der Waals surface area contributed by atoms with Crippen LogP contribution < -0.4 is 9.05 Å². The van der Waals surface area contributed by atoms with Crippen molar-refractivity contribution >= 4 is 8.38 Å². The summed E-state index contributed by atoms with van der Waals surface area (Å²) in [6.45, 7) is 0. The van der Waals surface area contributed by atoms with Gasteiger partial charge in [0.05, 0.1) is 16.4 Å². The molecule has 2 aromatic carbocycles. The molecular weight excluding hydrogens is 405 g/mol. The molecule has 0 radical (unpaired) electrons. The normalized spacial score (nSPS) is 14.3. The molecule has 2 nitrogen and oxygen atoms in total. The molecule has 0 bridgehead atoms. The van der Waals surface area contributed by atoms with Gasteiger partial charge >= 0.3 is 20.7 Å². The Balaban J connectivity index is 1.97. The average molecular weight is 418 g/mol. The first-order valence-corrected chi connectivity index (χ1v) is 9.19. The van der Waals surface area contributed by atoms with Crippen LogP contribution in [0, 0.1) is 0 Å². The van der Waals surface area contributed by atoms with Gasteiger partial charge in [-0.25, -0.2) is 0 Å². The molecular formula is C19H13F6O2P. The van der Waals surface area contributed by atoms with Gasteiger partial charge in [-0.2, -0.15) is 26.3 Å². The number of allylic oxidation sites excluding steroid dienone is 4. The Kier molecular flexibility index (Phi) is 5.70. The summed E-state index contributed by atoms with van der Waals surface area (Å²) in [6.07, 6.45) is -3.95. The number of alkyl halides is 6. The first-order chi connectivity index (χ1) is 13.2. The lowest BCUT2D eigenvalue weighted by atomic mass is 10.2. The van der Waals surface area contributed by atoms with Crippen LogP contribution in [-0.4, -0.2) is 0 Å². The molecule has 0 aromatic heterocycles. The number of hydrogen-bond acceptors (Lipinski definition) is 2. The van der Waals surface area contributed by atoms with Crippen molar-refractivity contribution in [3.63, 3.8) is 0 Å². The molecule has 28 heavy (non-hydrogen) atoms. The Bertz CT molecular complexity index is 842. The Morgan fingerprint density at radius 2 is 1.18 bits per heavy atom. The third-order valence-electron chi connectivity index (χ3n) is 3.71. The molecule has 0 aliphatic heterocycles. The summed E-state index contributed by atoms with van der Waals surface area (Å²) in [5.41, 5.74) is -2.06. The molecule has 0 saturated carbocycles. The van der Waals surface area contributed by atoms with Gasteiger partial charge in [-0.3, -0.25) is 0 Å². The van der Waals surface area contributed by atoms with E-state index in [9.17, 15) is 26.3 Å². The van der Waals surface area contributed by atoms with Gasteiger partial charge < -0.3 is 9.05 Å². The predicted octanol–water partition coefficient (Wildman–Crippen LogP) is 7.34. The highest BCUT2D eigenvalue weighted by Crippen LogP contribution is 2.53. The summed E-state index contributed by atoms with van der Waals surface area (Å²) in [6, 6.07) is 8.99. The van der Waals surface area contributed by atoms with Crippen LogP contribution in [0.1, 0.15) is 17.5 Å². The van der Waals surface area contributed by atoms with Crippen molar-refractivity contribution in [2.75, 3.05) is 0 Å². The van der Waals surface area contributed by atoms with Crippen molar-refractivity contribution in [1.29, 1.82) is 0 Å². The average Bonchev–Trinajstić information content (AvgIpc) is 3.15. The molecule has 0 amide bonds. The Hall–Kier alpha value is -2.47. The van der Waals surface area contributed by atoms with E-state index in [4.69, 9.17) is 9.05 Å². The molecule has 0 fully saturated rings. The first kappa shape index (κ1) is 20.3. The van der Waals surface area contributed by atoms with Gasteiger partial charge in [0.2, 0.25) is 0 Å². The monoisotopic (exact) mass is 418 g/mol. The second-order valence-electron chi connectivity index (χ2n) is 5.69. The Morgan fingerprint density at radius 3 is 1.57 bits per heavy atom. The standard InChI is InChI=1S/C19H13F6O2P/c20-18(21,22)14-9-3-5-11-16(14)26-28(13-7-1-2-8-13)27-17-12-6-4-10-15(17)19(23,24)25/h1,3-12H,2H2. The largest absolute Gasteiger partial charge is 0.435 e. The highest BCUT2D eigenvalue weighted by atomic mass is 31.2. The van der Waals surface area contributed by atoms with Gasteiger partial charge in [0.15, 0.2) is 0 Å². The highest BCUT2D eigenvalue weighted by Gasteiger charge is 2.37. The summed E-state index contributed by atoms with van der Waals surface area (Å²) < 4.78 is 90.3. The van der Waals surface area contributed by atoms with Crippen molar-refractivity contribution in [2.45, 2.75) is 18.8 Å². The SMILES string of the molecule is FC(F)(F)c1ccccc1OP(Oc1ccccc1C(F)(F)F)C1=CCC=C1. The number of hydrogen-bond donors (Lipinski definition) is 0. The first-order valence-electron chi connectivity index (χ1n) is 8.01. The fraction of sp³-hybridized carbons (Fsp3) is 0.158. The zero-order chi connectivity index (χ0) is 20.4. The van der Waals surface area contributed by atoms with Crippen LogP contribution in [0.5, 0.6) is 11.5 Å². The summed E-state index contributed by atoms with van der Waals surface area (Å²) >= 11 is 0. The predicted molar refractivity (Wildman–Crippen MR) is 92.9 cm³/mol. The van der Waals surface area contributed by atoms with Gasteiger partial charge in [0.1, 0.15) is 11.5 Å². The van der Waals surface area contributed by atoms with E-state index in [1.54, 1.807) is 18.2 Å². The van der Waals surface area contributed by atoms with Crippen LogP contribution in [-0.2, 0) is 12.4 Å². The molecule has 1 aliphatic rings. The summed E-state index contributed by atoms with van der Waals surface area (Å²) in [5.74, 6) is -1.02. The van der Waals surface area contributed by atoms with Crippen molar-refractivity contribution in [2.24, 2.45) is 0 Å². The van der Waals surface area contributed by atoms with Crippen molar-refractivity contribution in [3.8, 4) is 11.5 Å². The van der Waals surface area contributed by atoms with E-state index in [0.717, 1.165) is 24.3 Å². The second-order valence-corrected chi connectivity index (χ2v) is 7.09. The number of halogens is 6. The van der Waals surface area contributed by atoms with Crippen LogP contribution in [0.3, 0.4) is 0 Å². The van der Waals surface area contributed by atoms with Gasteiger partial charge in [-0.05, 0) is 30.7 Å². The molecule has 0 atom stereocenters. The van der Waals surface area contributed by atoms with E-state index in [1.807, 2.05) is 0 Å². The molecule has 0 unspecified atom stereocenters. The lowest BCUT2D eigenvalue weighted by Gasteiger charge is -2.22. The number of para-hydroxylation sites is 2. The van der Waals surface area contributed by atoms with Crippen LogP contribution in [0.4, 0.5) is 26.3 Å². The maximum Gasteiger partial charge on any atom is 0.419 e. The molecule has 9 heteroatoms. The van der Waals surface area contributed by atoms with E-state index in [-0.39, 0.29) is 0 Å². The van der Waals surface area contributed by atoms with E-state index in [0.29, 0.717) is 11.7 Å². The van der Waals surface area contributed by atoms with Gasteiger partial charge in [-0.1, -0.05) is 42.5 Å². The van der Waals surface area contributed by atoms with Gasteiger partial charge in [-0.15, -0.1) is 0 Å². The van der Waals surface area contributed by atoms with Crippen molar-refractivity contribution in [3.05, 3.63) is 83.2 Å². The number of rotatable bonds is 5. The Labute approximate surface area is 158 Å². The minimum atomic E-state index is -4.68. The molecule has 0 saturated heterocycles. The number of benzene rings is 2. The van der Waals surface area contributed by atoms with E-state index < -0.39 is 43.4 Å². The maximum absolute atomic E-state index is 13.2. The minimum absolute atomic E-state index is 0.393. The topological polar surface area (TPSA) is 18.5 Å². The highest BCUT2D eigenvalue weighted by molar-refractivity contribution is 7.53. The molecule has 148 valence electrons. The fourth-order valence-corrected chi connectivity index (χ4v) is 3.85. The molecule has 0 spiro atoms. The maximum atomic E-state index is 13.2. The lowest BCUT2D eigenvalue weighted by molar-refractivity contribution is -0.138. The van der Waals surface area contributed by atoms with E-state index in [1.165, 1.54) is 24.3 Å². The minimum Gasteiger partial charge on any atom is -0.435 e. The van der Waals surface area contributed by atoms with E-state index in [2.05, 4.69) is 0 Å². The third kappa shape index (κ3) is 4.68. The molecule has 0 heterocycles. The van der Waals surface area contributed by atoms with Crippen LogP contribution in [0.25, 0.3) is 0 Å². The zero-order valence-electron chi connectivity index (χ0n) is 14.1. The smallest absolute Gasteiger partial charge is 0.419 e. The van der Waals surface area contributed by atoms with Crippen molar-refractivity contribution in [1.82, 2.24) is 0 Å². The van der Waals surface area contributed by atoms with Crippen LogP contribution >= 0.6 is 8.38 Å². The Morgan fingerprint density at radius 1 is 0.714 bits per heavy atom. The van der Waals surface area contributed by atoms with Gasteiger partial charge in [0.25, 0.3) is 0 Å². The van der Waals surface area contributed by atoms with Crippen LogP contribution in [0.2, 0.25) is 0 Å². The fourth-order valence-electron chi connectivity index (χ4n) is 2.44. The van der Waals surface area contributed by atoms with E-state index >= 15 is 0 Å². The summed E-state index contributed by atoms with van der Waals surface area (Å²) in [5, 5.41) is 0.393. The summed E-state index contributed by atoms with van der Waals surface area (Å²) in [7, 11) is -2.27. The molecule has 2 aromatic rings. The quantitative estimate of drug-likeness (QED) is 0.374. The molecule has 0 N–H and O–H groups in total. The molecule has 3 rings (SSSR count). The third-order valence-corrected chi connectivity index (χ3v) is 5.19. The zero-order valence-corrected chi connectivity index (χ0v) is 15.0. The summed E-state index contributed by atoms with van der Waals surface area (Å²) in [4.78, 5) is 0.